The molecule has 0 radical (unpaired) electrons. The maximum absolute atomic E-state index is 12.0. The molecule has 0 spiro atoms. The molecular weight excluding hydrogens is 416 g/mol. The first-order valence-corrected chi connectivity index (χ1v) is 10.5. The predicted octanol–water partition coefficient (Wildman–Crippen LogP) is 4.89. The number of halogens is 1. The summed E-state index contributed by atoms with van der Waals surface area (Å²) in [5.41, 5.74) is 2.68. The van der Waals surface area contributed by atoms with Crippen LogP contribution in [0, 0.1) is 0 Å². The number of benzene rings is 2. The molecule has 162 valence electrons. The Bertz CT molecular complexity index is 981. The fourth-order valence-electron chi connectivity index (χ4n) is 3.02. The number of esters is 1. The fraction of sp³-hybridized carbons (Fsp3) is 0.292. The minimum absolute atomic E-state index is 0.309. The van der Waals surface area contributed by atoms with Gasteiger partial charge in [-0.15, -0.1) is 0 Å². The number of carbonyl (C=O) groups excluding carboxylic acids is 1. The summed E-state index contributed by atoms with van der Waals surface area (Å²) >= 11 is 6.34. The molecule has 0 aliphatic carbocycles. The molecule has 0 N–H and O–H groups in total. The molecule has 31 heavy (non-hydrogen) atoms. The zero-order valence-corrected chi connectivity index (χ0v) is 18.3. The van der Waals surface area contributed by atoms with Gasteiger partial charge in [-0.05, 0) is 55.8 Å². The van der Waals surface area contributed by atoms with Gasteiger partial charge in [-0.1, -0.05) is 23.7 Å². The van der Waals surface area contributed by atoms with Crippen LogP contribution in [0.25, 0.3) is 11.4 Å². The first-order valence-electron chi connectivity index (χ1n) is 10.2. The number of rotatable bonds is 10. The Kier molecular flexibility index (Phi) is 8.38. The lowest BCUT2D eigenvalue weighted by Crippen LogP contribution is -2.28. The molecule has 0 bridgehead atoms. The van der Waals surface area contributed by atoms with Crippen molar-refractivity contribution in [3.05, 3.63) is 77.1 Å². The molecule has 0 saturated carbocycles. The smallest absolute Gasteiger partial charge is 0.335 e. The Morgan fingerprint density at radius 2 is 1.77 bits per heavy atom. The number of ether oxygens (including phenoxy) is 3. The largest absolute Gasteiger partial charge is 0.489 e. The van der Waals surface area contributed by atoms with E-state index in [-0.39, 0.29) is 5.97 Å². The first kappa shape index (κ1) is 22.7. The molecule has 0 amide bonds. The molecule has 0 aliphatic heterocycles. The summed E-state index contributed by atoms with van der Waals surface area (Å²) < 4.78 is 16.5. The van der Waals surface area contributed by atoms with Gasteiger partial charge in [0.25, 0.3) is 0 Å². The van der Waals surface area contributed by atoms with Crippen molar-refractivity contribution in [3.8, 4) is 17.1 Å². The van der Waals surface area contributed by atoms with Gasteiger partial charge < -0.3 is 14.2 Å². The Labute approximate surface area is 187 Å². The van der Waals surface area contributed by atoms with Gasteiger partial charge in [0.15, 0.2) is 11.9 Å². The Hall–Kier alpha value is -2.96. The highest BCUT2D eigenvalue weighted by atomic mass is 35.5. The summed E-state index contributed by atoms with van der Waals surface area (Å²) in [4.78, 5) is 20.6. The molecule has 7 heteroatoms. The molecule has 3 aromatic rings. The van der Waals surface area contributed by atoms with Crippen LogP contribution < -0.4 is 4.74 Å². The lowest BCUT2D eigenvalue weighted by Gasteiger charge is -2.16. The van der Waals surface area contributed by atoms with Gasteiger partial charge >= 0.3 is 5.97 Å². The van der Waals surface area contributed by atoms with Gasteiger partial charge in [-0.3, -0.25) is 0 Å². The van der Waals surface area contributed by atoms with Gasteiger partial charge in [0.1, 0.15) is 12.4 Å². The normalized spacial score (nSPS) is 11.7. The van der Waals surface area contributed by atoms with Crippen molar-refractivity contribution in [2.75, 3.05) is 13.2 Å². The molecular formula is C24H25ClN2O4. The molecule has 0 aliphatic rings. The average molecular weight is 441 g/mol. The van der Waals surface area contributed by atoms with Gasteiger partial charge in [0, 0.05) is 41.6 Å². The van der Waals surface area contributed by atoms with Gasteiger partial charge in [-0.2, -0.15) is 0 Å². The van der Waals surface area contributed by atoms with Gasteiger partial charge in [0.2, 0.25) is 0 Å². The van der Waals surface area contributed by atoms with Crippen molar-refractivity contribution in [2.24, 2.45) is 0 Å². The third-order valence-electron chi connectivity index (χ3n) is 4.53. The summed E-state index contributed by atoms with van der Waals surface area (Å²) in [6.07, 6.45) is 3.23. The minimum atomic E-state index is -0.613. The van der Waals surface area contributed by atoms with Crippen molar-refractivity contribution < 1.29 is 19.0 Å². The molecule has 6 nitrogen and oxygen atoms in total. The highest BCUT2D eigenvalue weighted by Gasteiger charge is 2.20. The second kappa shape index (κ2) is 11.4. The number of hydrogen-bond acceptors (Lipinski definition) is 6. The van der Waals surface area contributed by atoms with E-state index in [1.165, 1.54) is 0 Å². The molecule has 1 aromatic heterocycles. The van der Waals surface area contributed by atoms with E-state index in [2.05, 4.69) is 9.97 Å². The topological polar surface area (TPSA) is 70.5 Å². The molecule has 1 heterocycles. The van der Waals surface area contributed by atoms with Crippen LogP contribution in [0.1, 0.15) is 25.0 Å². The summed E-state index contributed by atoms with van der Waals surface area (Å²) in [5, 5.41) is 0.616. The fourth-order valence-corrected chi connectivity index (χ4v) is 3.19. The monoisotopic (exact) mass is 440 g/mol. The van der Waals surface area contributed by atoms with Crippen LogP contribution in [-0.4, -0.2) is 35.3 Å². The van der Waals surface area contributed by atoms with E-state index in [9.17, 15) is 4.79 Å². The Morgan fingerprint density at radius 3 is 2.45 bits per heavy atom. The highest BCUT2D eigenvalue weighted by molar-refractivity contribution is 6.31. The van der Waals surface area contributed by atoms with Gasteiger partial charge in [-0.25, -0.2) is 14.8 Å². The van der Waals surface area contributed by atoms with Crippen LogP contribution in [0.15, 0.2) is 60.9 Å². The quantitative estimate of drug-likeness (QED) is 0.418. The summed E-state index contributed by atoms with van der Waals surface area (Å²) in [7, 11) is 0. The third-order valence-corrected chi connectivity index (χ3v) is 4.89. The maximum atomic E-state index is 12.0. The molecule has 1 atom stereocenters. The third kappa shape index (κ3) is 6.51. The van der Waals surface area contributed by atoms with Crippen molar-refractivity contribution in [2.45, 2.75) is 33.0 Å². The Balaban J connectivity index is 1.63. The van der Waals surface area contributed by atoms with Crippen LogP contribution >= 0.6 is 11.6 Å². The molecule has 2 aromatic carbocycles. The van der Waals surface area contributed by atoms with Crippen LogP contribution in [0.4, 0.5) is 0 Å². The number of carbonyl (C=O) groups is 1. The van der Waals surface area contributed by atoms with Crippen LogP contribution in [-0.2, 0) is 27.3 Å². The highest BCUT2D eigenvalue weighted by Crippen LogP contribution is 2.24. The van der Waals surface area contributed by atoms with Crippen LogP contribution in [0.5, 0.6) is 5.75 Å². The van der Waals surface area contributed by atoms with Crippen molar-refractivity contribution >= 4 is 17.6 Å². The number of aromatic nitrogens is 2. The Morgan fingerprint density at radius 1 is 1.03 bits per heavy atom. The van der Waals surface area contributed by atoms with Crippen LogP contribution in [0.3, 0.4) is 0 Å². The van der Waals surface area contributed by atoms with E-state index in [1.54, 1.807) is 25.4 Å². The SMILES string of the molecule is CCOC(=O)C(Cc1ccc(OCc2cc(-c3ncccn3)ccc2Cl)cc1)OCC. The standard InChI is InChI=1S/C24H25ClN2O4/c1-3-29-22(24(28)30-4-2)14-17-6-9-20(10-7-17)31-16-19-15-18(8-11-21(19)25)23-26-12-5-13-27-23/h5-13,15,22H,3-4,14,16H2,1-2H3. The zero-order valence-electron chi connectivity index (χ0n) is 17.6. The predicted molar refractivity (Wildman–Crippen MR) is 119 cm³/mol. The van der Waals surface area contributed by atoms with E-state index >= 15 is 0 Å². The summed E-state index contributed by atoms with van der Waals surface area (Å²) in [6, 6.07) is 15.0. The van der Waals surface area contributed by atoms with Crippen molar-refractivity contribution in [3.63, 3.8) is 0 Å². The van der Waals surface area contributed by atoms with E-state index in [0.29, 0.717) is 42.8 Å². The lowest BCUT2D eigenvalue weighted by atomic mass is 10.1. The second-order valence-electron chi connectivity index (χ2n) is 6.71. The second-order valence-corrected chi connectivity index (χ2v) is 7.12. The summed E-state index contributed by atoms with van der Waals surface area (Å²) in [6.45, 7) is 4.71. The van der Waals surface area contributed by atoms with Crippen molar-refractivity contribution in [1.29, 1.82) is 0 Å². The zero-order chi connectivity index (χ0) is 22.1. The van der Waals surface area contributed by atoms with Crippen LogP contribution in [0.2, 0.25) is 5.02 Å². The minimum Gasteiger partial charge on any atom is -0.489 e. The molecule has 0 fully saturated rings. The van der Waals surface area contributed by atoms with Crippen molar-refractivity contribution in [1.82, 2.24) is 9.97 Å². The van der Waals surface area contributed by atoms with E-state index < -0.39 is 6.10 Å². The maximum Gasteiger partial charge on any atom is 0.335 e. The molecule has 3 rings (SSSR count). The van der Waals surface area contributed by atoms with Gasteiger partial charge in [0.05, 0.1) is 6.61 Å². The molecule has 1 unspecified atom stereocenters. The van der Waals surface area contributed by atoms with E-state index in [4.69, 9.17) is 25.8 Å². The first-order chi connectivity index (χ1) is 15.1. The molecule has 0 saturated heterocycles. The average Bonchev–Trinajstić information content (AvgIpc) is 2.80. The summed E-state index contributed by atoms with van der Waals surface area (Å²) in [5.74, 6) is 0.988. The number of nitrogens with zero attached hydrogens (tertiary/aromatic N) is 2. The lowest BCUT2D eigenvalue weighted by molar-refractivity contribution is -0.156. The van der Waals surface area contributed by atoms with E-state index in [0.717, 1.165) is 16.7 Å². The number of hydrogen-bond donors (Lipinski definition) is 0. The van der Waals surface area contributed by atoms with E-state index in [1.807, 2.05) is 49.4 Å².